The molecule has 1 atom stereocenters. The number of hydrogen-bond acceptors (Lipinski definition) is 4. The summed E-state index contributed by atoms with van der Waals surface area (Å²) in [5.41, 5.74) is 0. The lowest BCUT2D eigenvalue weighted by atomic mass is 9.84. The van der Waals surface area contributed by atoms with Gasteiger partial charge in [0.25, 0.3) is 5.92 Å². The Balaban J connectivity index is 2.38. The largest absolute Gasteiger partial charge is 0.437 e. The van der Waals surface area contributed by atoms with Crippen molar-refractivity contribution in [2.45, 2.75) is 32.1 Å². The van der Waals surface area contributed by atoms with E-state index >= 15 is 0 Å². The molecule has 1 heterocycles. The van der Waals surface area contributed by atoms with E-state index in [0.29, 0.717) is 6.61 Å². The van der Waals surface area contributed by atoms with Crippen LogP contribution >= 0.6 is 0 Å². The number of rotatable bonds is 6. The van der Waals surface area contributed by atoms with E-state index in [1.54, 1.807) is 0 Å². The lowest BCUT2D eigenvalue weighted by Gasteiger charge is -2.23. The fraction of sp³-hybridized carbons (Fsp3) is 1.00. The van der Waals surface area contributed by atoms with Crippen LogP contribution in [0.5, 0.6) is 0 Å². The molecule has 0 radical (unpaired) electrons. The first-order valence-electron chi connectivity index (χ1n) is 5.43. The van der Waals surface area contributed by atoms with Gasteiger partial charge in [0.1, 0.15) is 6.79 Å². The molecule has 0 aromatic carbocycles. The topological polar surface area (TPSA) is 41.9 Å². The number of hydrogen-bond donors (Lipinski definition) is 1. The fourth-order valence-corrected chi connectivity index (χ4v) is 1.84. The first-order valence-corrected chi connectivity index (χ1v) is 5.43. The minimum Gasteiger partial charge on any atom is -0.437 e. The average Bonchev–Trinajstić information content (AvgIpc) is 2.49. The second-order valence-corrected chi connectivity index (χ2v) is 4.00. The van der Waals surface area contributed by atoms with Crippen LogP contribution in [-0.4, -0.2) is 55.4 Å². The number of halogens is 2. The average molecular weight is 237 g/mol. The van der Waals surface area contributed by atoms with Crippen LogP contribution in [0.25, 0.3) is 0 Å². The first kappa shape index (κ1) is 13.8. The van der Waals surface area contributed by atoms with Crippen molar-refractivity contribution in [2.24, 2.45) is 0 Å². The van der Waals surface area contributed by atoms with Gasteiger partial charge in [-0.05, 0) is 13.7 Å². The van der Waals surface area contributed by atoms with E-state index in [-0.39, 0.29) is 19.8 Å². The summed E-state index contributed by atoms with van der Waals surface area (Å²) < 4.78 is 36.4. The Morgan fingerprint density at radius 1 is 1.50 bits per heavy atom. The van der Waals surface area contributed by atoms with E-state index in [4.69, 9.17) is 9.47 Å². The van der Waals surface area contributed by atoms with Crippen LogP contribution in [0.15, 0.2) is 0 Å². The molecule has 0 spiro atoms. The highest BCUT2D eigenvalue weighted by Gasteiger charge is 2.47. The van der Waals surface area contributed by atoms with E-state index in [2.05, 4.69) is 0 Å². The molecule has 0 aromatic heterocycles. The summed E-state index contributed by atoms with van der Waals surface area (Å²) in [5.74, 6) is -2.74. The van der Waals surface area contributed by atoms with Gasteiger partial charge in [-0.2, -0.15) is 0 Å². The molecule has 1 fully saturated rings. The van der Waals surface area contributed by atoms with Gasteiger partial charge in [0.05, 0.1) is 13.2 Å². The molecule has 7 heteroatoms. The zero-order chi connectivity index (χ0) is 12.2. The van der Waals surface area contributed by atoms with Gasteiger partial charge in [-0.3, -0.25) is 0 Å². The molecular formula is C9H18BF2NO3. The summed E-state index contributed by atoms with van der Waals surface area (Å²) in [7, 11) is -0.880. The molecule has 1 aliphatic heterocycles. The molecule has 94 valence electrons. The van der Waals surface area contributed by atoms with Crippen molar-refractivity contribution in [2.75, 3.05) is 26.6 Å². The highest BCUT2D eigenvalue weighted by atomic mass is 19.3. The Hall–Kier alpha value is -0.235. The van der Waals surface area contributed by atoms with E-state index in [9.17, 15) is 13.8 Å². The molecule has 1 aliphatic rings. The molecule has 0 aromatic rings. The zero-order valence-corrected chi connectivity index (χ0v) is 9.66. The molecule has 0 unspecified atom stereocenters. The van der Waals surface area contributed by atoms with Crippen LogP contribution in [0.3, 0.4) is 0 Å². The number of alkyl halides is 2. The van der Waals surface area contributed by atoms with Gasteiger partial charge in [-0.15, -0.1) is 0 Å². The molecule has 0 saturated carbocycles. The molecule has 1 N–H and O–H groups in total. The molecule has 1 saturated heterocycles. The first-order chi connectivity index (χ1) is 7.46. The van der Waals surface area contributed by atoms with Crippen molar-refractivity contribution < 1.29 is 23.3 Å². The fourth-order valence-electron chi connectivity index (χ4n) is 1.84. The standard InChI is InChI=1S/C9H18BF2NO3/c1-3-15-7-16-5-8-4-9(11,12)6-13(8)10(2)14/h8,14H,3-7H2,1-2H3/t8-/m0/s1. The highest BCUT2D eigenvalue weighted by Crippen LogP contribution is 2.32. The molecule has 0 bridgehead atoms. The van der Waals surface area contributed by atoms with Crippen LogP contribution in [-0.2, 0) is 9.47 Å². The Bertz CT molecular complexity index is 219. The second kappa shape index (κ2) is 5.91. The van der Waals surface area contributed by atoms with Gasteiger partial charge in [0.2, 0.25) is 0 Å². The Morgan fingerprint density at radius 3 is 2.75 bits per heavy atom. The maximum Gasteiger partial charge on any atom is 0.376 e. The summed E-state index contributed by atoms with van der Waals surface area (Å²) in [4.78, 5) is 1.35. The quantitative estimate of drug-likeness (QED) is 0.422. The summed E-state index contributed by atoms with van der Waals surface area (Å²) >= 11 is 0. The predicted octanol–water partition coefficient (Wildman–Crippen LogP) is 0.817. The minimum absolute atomic E-state index is 0.103. The number of nitrogens with zero attached hydrogens (tertiary/aromatic N) is 1. The van der Waals surface area contributed by atoms with Crippen LogP contribution < -0.4 is 0 Å². The van der Waals surface area contributed by atoms with Crippen LogP contribution in [0.2, 0.25) is 6.82 Å². The Kier molecular flexibility index (Phi) is 5.10. The minimum atomic E-state index is -2.74. The van der Waals surface area contributed by atoms with Crippen LogP contribution in [0.1, 0.15) is 13.3 Å². The van der Waals surface area contributed by atoms with Crippen molar-refractivity contribution in [1.29, 1.82) is 0 Å². The molecule has 1 rings (SSSR count). The summed E-state index contributed by atoms with van der Waals surface area (Å²) in [5, 5.41) is 9.36. The third-order valence-corrected chi connectivity index (χ3v) is 2.58. The van der Waals surface area contributed by atoms with Crippen molar-refractivity contribution in [3.63, 3.8) is 0 Å². The summed E-state index contributed by atoms with van der Waals surface area (Å²) in [6.45, 7) is 3.69. The molecule has 4 nitrogen and oxygen atoms in total. The van der Waals surface area contributed by atoms with Gasteiger partial charge < -0.3 is 19.3 Å². The second-order valence-electron chi connectivity index (χ2n) is 4.00. The SMILES string of the molecule is CCOCOC[C@@H]1CC(F)(F)CN1B(C)O. The van der Waals surface area contributed by atoms with Crippen molar-refractivity contribution in [3.8, 4) is 0 Å². The van der Waals surface area contributed by atoms with Gasteiger partial charge >= 0.3 is 7.05 Å². The van der Waals surface area contributed by atoms with Crippen molar-refractivity contribution in [3.05, 3.63) is 0 Å². The van der Waals surface area contributed by atoms with E-state index in [0.717, 1.165) is 0 Å². The molecule has 0 aliphatic carbocycles. The van der Waals surface area contributed by atoms with E-state index < -0.39 is 25.6 Å². The van der Waals surface area contributed by atoms with E-state index in [1.165, 1.54) is 11.6 Å². The number of ether oxygens (including phenoxy) is 2. The summed E-state index contributed by atoms with van der Waals surface area (Å²) in [6.07, 6.45) is -0.274. The smallest absolute Gasteiger partial charge is 0.376 e. The molecule has 0 amide bonds. The van der Waals surface area contributed by atoms with E-state index in [1.807, 2.05) is 6.92 Å². The maximum atomic E-state index is 13.1. The van der Waals surface area contributed by atoms with Crippen LogP contribution in [0.4, 0.5) is 8.78 Å². The monoisotopic (exact) mass is 237 g/mol. The lowest BCUT2D eigenvalue weighted by Crippen LogP contribution is -2.43. The van der Waals surface area contributed by atoms with Gasteiger partial charge in [0, 0.05) is 19.1 Å². The Morgan fingerprint density at radius 2 is 2.19 bits per heavy atom. The highest BCUT2D eigenvalue weighted by molar-refractivity contribution is 6.45. The van der Waals surface area contributed by atoms with Gasteiger partial charge in [0.15, 0.2) is 0 Å². The predicted molar refractivity (Wildman–Crippen MR) is 56.3 cm³/mol. The van der Waals surface area contributed by atoms with Crippen LogP contribution in [0, 0.1) is 0 Å². The van der Waals surface area contributed by atoms with Crippen molar-refractivity contribution >= 4 is 7.05 Å². The third kappa shape index (κ3) is 3.97. The maximum absolute atomic E-state index is 13.1. The lowest BCUT2D eigenvalue weighted by molar-refractivity contribution is -0.0608. The van der Waals surface area contributed by atoms with Gasteiger partial charge in [-0.1, -0.05) is 0 Å². The molecular weight excluding hydrogens is 219 g/mol. The summed E-state index contributed by atoms with van der Waals surface area (Å²) in [6, 6.07) is -0.449. The van der Waals surface area contributed by atoms with Crippen molar-refractivity contribution in [1.82, 2.24) is 4.81 Å². The third-order valence-electron chi connectivity index (χ3n) is 2.58. The normalized spacial score (nSPS) is 24.9. The zero-order valence-electron chi connectivity index (χ0n) is 9.66. The molecule has 16 heavy (non-hydrogen) atoms. The Labute approximate surface area is 94.6 Å². The van der Waals surface area contributed by atoms with Gasteiger partial charge in [-0.25, -0.2) is 8.78 Å².